The lowest BCUT2D eigenvalue weighted by molar-refractivity contribution is -0.140. The summed E-state index contributed by atoms with van der Waals surface area (Å²) in [6, 6.07) is 1.05. The Hall–Kier alpha value is -2.94. The molecule has 10 nitrogen and oxygen atoms in total. The van der Waals surface area contributed by atoms with Gasteiger partial charge in [-0.1, -0.05) is 17.7 Å². The second kappa shape index (κ2) is 12.7. The van der Waals surface area contributed by atoms with Gasteiger partial charge in [0.15, 0.2) is 22.5 Å². The van der Waals surface area contributed by atoms with E-state index in [4.69, 9.17) is 16.3 Å². The van der Waals surface area contributed by atoms with Crippen LogP contribution >= 0.6 is 22.9 Å². The molecule has 0 amide bonds. The highest BCUT2D eigenvalue weighted by Gasteiger charge is 2.39. The van der Waals surface area contributed by atoms with Crippen molar-refractivity contribution in [2.45, 2.75) is 43.4 Å². The number of aliphatic imine (C=N–C) groups is 1. The van der Waals surface area contributed by atoms with E-state index in [1.54, 1.807) is 11.6 Å². The Morgan fingerprint density at radius 3 is 2.52 bits per heavy atom. The third-order valence-corrected chi connectivity index (χ3v) is 9.98. The summed E-state index contributed by atoms with van der Waals surface area (Å²) in [6.07, 6.45) is 2.81. The van der Waals surface area contributed by atoms with Gasteiger partial charge in [-0.3, -0.25) is 9.79 Å². The van der Waals surface area contributed by atoms with Crippen LogP contribution in [0.25, 0.3) is 0 Å². The predicted octanol–water partition coefficient (Wildman–Crippen LogP) is 3.63. The van der Waals surface area contributed by atoms with Gasteiger partial charge in [0.25, 0.3) is 0 Å². The average Bonchev–Trinajstić information content (AvgIpc) is 3.50. The molecule has 0 bridgehead atoms. The Morgan fingerprint density at radius 1 is 1.18 bits per heavy atom. The number of benzene rings is 1. The molecule has 4 rings (SSSR count). The van der Waals surface area contributed by atoms with Crippen LogP contribution in [0.5, 0.6) is 0 Å². The fraction of sp³-hybridized carbons (Fsp3) is 0.440. The highest BCUT2D eigenvalue weighted by Crippen LogP contribution is 2.42. The van der Waals surface area contributed by atoms with E-state index < -0.39 is 49.9 Å². The minimum Gasteiger partial charge on any atom is -0.469 e. The van der Waals surface area contributed by atoms with Crippen LogP contribution in [0.2, 0.25) is 5.02 Å². The number of allylic oxidation sites excluding steroid dienone is 1. The monoisotopic (exact) mass is 616 g/mol. The van der Waals surface area contributed by atoms with Gasteiger partial charge < -0.3 is 14.8 Å². The molecule has 2 aliphatic rings. The number of hydrogen-bond acceptors (Lipinski definition) is 10. The summed E-state index contributed by atoms with van der Waals surface area (Å²) in [6.45, 7) is -0.0710. The first-order valence-electron chi connectivity index (χ1n) is 12.3. The number of aromatic nitrogens is 1. The van der Waals surface area contributed by atoms with Gasteiger partial charge in [-0.25, -0.2) is 31.7 Å². The van der Waals surface area contributed by atoms with Crippen LogP contribution in [0, 0.1) is 17.6 Å². The number of rotatable bonds is 9. The standard InChI is InChI=1S/C25H27ClF2N4O6S2/c1-37-17(33)9-10-30-40(35,36)14-5-3-13(4-6-14)21-18(25(34)38-2)22(15-7-8-16(27)20(28)19(15)26)32-23(31-21)24-29-11-12-39-24/h7-8,11-14,22,30H,3-6,9-10H2,1-2H3,(H,31,32). The molecule has 15 heteroatoms. The number of ether oxygens (including phenoxy) is 2. The zero-order valence-electron chi connectivity index (χ0n) is 21.6. The van der Waals surface area contributed by atoms with E-state index in [0.717, 1.165) is 6.07 Å². The maximum atomic E-state index is 14.5. The van der Waals surface area contributed by atoms with Crippen molar-refractivity contribution in [3.63, 3.8) is 0 Å². The number of carbonyl (C=O) groups excluding carboxylic acids is 2. The first-order chi connectivity index (χ1) is 19.1. The number of methoxy groups -OCH3 is 2. The molecule has 1 aromatic heterocycles. The van der Waals surface area contributed by atoms with Gasteiger partial charge in [0, 0.05) is 29.4 Å². The van der Waals surface area contributed by atoms with E-state index >= 15 is 0 Å². The van der Waals surface area contributed by atoms with Gasteiger partial charge in [0.1, 0.15) is 6.04 Å². The van der Waals surface area contributed by atoms with E-state index in [9.17, 15) is 26.8 Å². The quantitative estimate of drug-likeness (QED) is 0.322. The van der Waals surface area contributed by atoms with Crippen LogP contribution in [0.15, 0.2) is 40.0 Å². The second-order valence-corrected chi connectivity index (χ2v) is 12.5. The van der Waals surface area contributed by atoms with Crippen molar-refractivity contribution < 1.29 is 36.3 Å². The first-order valence-corrected chi connectivity index (χ1v) is 15.1. The van der Waals surface area contributed by atoms with Crippen molar-refractivity contribution in [2.24, 2.45) is 10.9 Å². The summed E-state index contributed by atoms with van der Waals surface area (Å²) in [7, 11) is -1.28. The highest BCUT2D eigenvalue weighted by atomic mass is 35.5. The molecule has 2 heterocycles. The number of hydrogen-bond donors (Lipinski definition) is 2. The van der Waals surface area contributed by atoms with Gasteiger partial charge in [0.05, 0.1) is 36.5 Å². The van der Waals surface area contributed by atoms with E-state index in [-0.39, 0.29) is 42.9 Å². The van der Waals surface area contributed by atoms with Crippen molar-refractivity contribution in [1.82, 2.24) is 15.0 Å². The van der Waals surface area contributed by atoms with Crippen molar-refractivity contribution in [3.8, 4) is 0 Å². The van der Waals surface area contributed by atoms with Crippen LogP contribution in [0.3, 0.4) is 0 Å². The SMILES string of the molecule is COC(=O)CCNS(=O)(=O)C1CCC(C2=C(C(=O)OC)C(c3ccc(F)c(F)c3Cl)N=C(c3nccs3)N2)CC1. The van der Waals surface area contributed by atoms with Crippen molar-refractivity contribution >= 4 is 50.7 Å². The van der Waals surface area contributed by atoms with E-state index in [1.165, 1.54) is 31.6 Å². The predicted molar refractivity (Wildman–Crippen MR) is 144 cm³/mol. The maximum absolute atomic E-state index is 14.5. The van der Waals surface area contributed by atoms with Gasteiger partial charge in [0.2, 0.25) is 10.0 Å². The number of esters is 2. The van der Waals surface area contributed by atoms with Gasteiger partial charge in [-0.15, -0.1) is 11.3 Å². The highest BCUT2D eigenvalue weighted by molar-refractivity contribution is 7.90. The van der Waals surface area contributed by atoms with E-state index in [0.29, 0.717) is 29.4 Å². The lowest BCUT2D eigenvalue weighted by Crippen LogP contribution is -2.41. The number of halogens is 3. The van der Waals surface area contributed by atoms with Crippen molar-refractivity contribution in [2.75, 3.05) is 20.8 Å². The van der Waals surface area contributed by atoms with Crippen LogP contribution < -0.4 is 10.0 Å². The molecule has 1 unspecified atom stereocenters. The number of nitrogens with zero attached hydrogens (tertiary/aromatic N) is 2. The molecule has 1 saturated carbocycles. The second-order valence-electron chi connectivity index (χ2n) is 9.17. The summed E-state index contributed by atoms with van der Waals surface area (Å²) in [4.78, 5) is 33.3. The Balaban J connectivity index is 1.66. The molecular formula is C25H27ClF2N4O6S2. The van der Waals surface area contributed by atoms with Gasteiger partial charge in [-0.2, -0.15) is 0 Å². The van der Waals surface area contributed by atoms with Gasteiger partial charge in [-0.05, 0) is 37.7 Å². The third-order valence-electron chi connectivity index (χ3n) is 6.86. The number of nitrogens with one attached hydrogen (secondary N) is 2. The van der Waals surface area contributed by atoms with Crippen LogP contribution in [0.4, 0.5) is 8.78 Å². The summed E-state index contributed by atoms with van der Waals surface area (Å²) < 4.78 is 66.1. The molecule has 1 aromatic carbocycles. The first kappa shape index (κ1) is 30.0. The lowest BCUT2D eigenvalue weighted by Gasteiger charge is -2.35. The fourth-order valence-corrected chi connectivity index (χ4v) is 7.18. The topological polar surface area (TPSA) is 136 Å². The molecule has 1 aliphatic heterocycles. The van der Waals surface area contributed by atoms with Crippen LogP contribution in [0.1, 0.15) is 48.7 Å². The normalized spacial score (nSPS) is 21.4. The Bertz CT molecular complexity index is 1440. The Labute approximate surface area is 238 Å². The van der Waals surface area contributed by atoms with E-state index in [1.807, 2.05) is 0 Å². The summed E-state index contributed by atoms with van der Waals surface area (Å²) >= 11 is 7.48. The zero-order valence-corrected chi connectivity index (χ0v) is 24.0. The number of amidine groups is 1. The number of carbonyl (C=O) groups is 2. The van der Waals surface area contributed by atoms with Crippen LogP contribution in [-0.2, 0) is 29.1 Å². The minimum absolute atomic E-state index is 0.0678. The third kappa shape index (κ3) is 6.35. The molecule has 0 spiro atoms. The smallest absolute Gasteiger partial charge is 0.338 e. The Morgan fingerprint density at radius 2 is 1.90 bits per heavy atom. The number of thiazole rings is 1. The van der Waals surface area contributed by atoms with Crippen molar-refractivity contribution in [1.29, 1.82) is 0 Å². The molecule has 0 radical (unpaired) electrons. The maximum Gasteiger partial charge on any atom is 0.338 e. The molecule has 1 atom stereocenters. The van der Waals surface area contributed by atoms with E-state index in [2.05, 4.69) is 24.8 Å². The van der Waals surface area contributed by atoms with Gasteiger partial charge >= 0.3 is 11.9 Å². The molecule has 1 fully saturated rings. The van der Waals surface area contributed by atoms with Crippen molar-refractivity contribution in [3.05, 3.63) is 62.2 Å². The molecule has 216 valence electrons. The fourth-order valence-electron chi connectivity index (χ4n) is 4.82. The molecule has 1 aliphatic carbocycles. The molecule has 40 heavy (non-hydrogen) atoms. The largest absolute Gasteiger partial charge is 0.469 e. The molecule has 2 aromatic rings. The molecule has 2 N–H and O–H groups in total. The minimum atomic E-state index is -3.70. The summed E-state index contributed by atoms with van der Waals surface area (Å²) in [5.41, 5.74) is 0.575. The lowest BCUT2D eigenvalue weighted by atomic mass is 9.82. The molecule has 0 saturated heterocycles. The molecular weight excluding hydrogens is 590 g/mol. The summed E-state index contributed by atoms with van der Waals surface area (Å²) in [5.74, 6) is -3.68. The average molecular weight is 617 g/mol. The Kier molecular flexibility index (Phi) is 9.54. The zero-order chi connectivity index (χ0) is 29.0. The summed E-state index contributed by atoms with van der Waals surface area (Å²) in [5, 5.41) is 4.22. The number of sulfonamides is 1. The van der Waals surface area contributed by atoms with Crippen LogP contribution in [-0.4, -0.2) is 57.2 Å².